The third-order valence-electron chi connectivity index (χ3n) is 2.07. The summed E-state index contributed by atoms with van der Waals surface area (Å²) in [6.45, 7) is 4.74. The first-order chi connectivity index (χ1) is 6.88. The molecule has 0 aliphatic rings. The second-order valence-corrected chi connectivity index (χ2v) is 3.22. The van der Waals surface area contributed by atoms with Crippen molar-refractivity contribution in [2.75, 3.05) is 25.6 Å². The molecule has 14 heavy (non-hydrogen) atoms. The van der Waals surface area contributed by atoms with Crippen molar-refractivity contribution in [2.45, 2.75) is 26.3 Å². The highest BCUT2D eigenvalue weighted by Gasteiger charge is 2.00. The molecule has 1 rings (SSSR count). The van der Waals surface area contributed by atoms with Crippen LogP contribution in [0.4, 0.5) is 5.95 Å². The van der Waals surface area contributed by atoms with Crippen LogP contribution in [-0.2, 0) is 11.3 Å². The van der Waals surface area contributed by atoms with Gasteiger partial charge in [-0.2, -0.15) is 0 Å². The normalized spacial score (nSPS) is 10.4. The summed E-state index contributed by atoms with van der Waals surface area (Å²) in [7, 11) is 1.71. The fourth-order valence-corrected chi connectivity index (χ4v) is 1.22. The summed E-state index contributed by atoms with van der Waals surface area (Å²) in [6.07, 6.45) is 6.15. The standard InChI is InChI=1S/C10H19N3O/c1-3-4-5-11-10-12-6-7-13(10)8-9-14-2/h6-7H,3-5,8-9H2,1-2H3,(H,11,12). The molecular weight excluding hydrogens is 178 g/mol. The van der Waals surface area contributed by atoms with Crippen molar-refractivity contribution >= 4 is 5.95 Å². The monoisotopic (exact) mass is 197 g/mol. The molecule has 0 aliphatic carbocycles. The molecule has 0 spiro atoms. The van der Waals surface area contributed by atoms with Crippen LogP contribution in [0, 0.1) is 0 Å². The molecule has 1 N–H and O–H groups in total. The molecule has 0 saturated carbocycles. The lowest BCUT2D eigenvalue weighted by atomic mass is 10.3. The SMILES string of the molecule is CCCCNc1nccn1CCOC. The number of nitrogens with zero attached hydrogens (tertiary/aromatic N) is 2. The van der Waals surface area contributed by atoms with E-state index in [4.69, 9.17) is 4.74 Å². The largest absolute Gasteiger partial charge is 0.383 e. The fourth-order valence-electron chi connectivity index (χ4n) is 1.22. The number of nitrogens with one attached hydrogen (secondary N) is 1. The Morgan fingerprint density at radius 3 is 3.14 bits per heavy atom. The Hall–Kier alpha value is -1.03. The molecule has 0 aliphatic heterocycles. The van der Waals surface area contributed by atoms with Gasteiger partial charge in [0.05, 0.1) is 6.61 Å². The highest BCUT2D eigenvalue weighted by atomic mass is 16.5. The zero-order valence-electron chi connectivity index (χ0n) is 8.99. The molecule has 0 fully saturated rings. The maximum absolute atomic E-state index is 5.02. The fraction of sp³-hybridized carbons (Fsp3) is 0.700. The van der Waals surface area contributed by atoms with E-state index in [-0.39, 0.29) is 0 Å². The first kappa shape index (κ1) is 11.0. The zero-order valence-corrected chi connectivity index (χ0v) is 8.99. The van der Waals surface area contributed by atoms with Crippen LogP contribution in [0.5, 0.6) is 0 Å². The first-order valence-electron chi connectivity index (χ1n) is 5.12. The molecule has 0 amide bonds. The van der Waals surface area contributed by atoms with E-state index in [1.807, 2.05) is 12.4 Å². The van der Waals surface area contributed by atoms with Gasteiger partial charge in [0.25, 0.3) is 0 Å². The van der Waals surface area contributed by atoms with Crippen molar-refractivity contribution in [2.24, 2.45) is 0 Å². The molecular formula is C10H19N3O. The predicted octanol–water partition coefficient (Wildman–Crippen LogP) is 1.74. The Balaban J connectivity index is 2.37. The topological polar surface area (TPSA) is 39.1 Å². The average molecular weight is 197 g/mol. The number of ether oxygens (including phenoxy) is 1. The van der Waals surface area contributed by atoms with Crippen molar-refractivity contribution in [1.29, 1.82) is 0 Å². The lowest BCUT2D eigenvalue weighted by Crippen LogP contribution is -2.10. The van der Waals surface area contributed by atoms with Crippen LogP contribution in [0.2, 0.25) is 0 Å². The second kappa shape index (κ2) is 6.43. The van der Waals surface area contributed by atoms with Crippen LogP contribution >= 0.6 is 0 Å². The number of rotatable bonds is 7. The summed E-state index contributed by atoms with van der Waals surface area (Å²) in [5.74, 6) is 0.940. The smallest absolute Gasteiger partial charge is 0.202 e. The van der Waals surface area contributed by atoms with E-state index in [2.05, 4.69) is 21.8 Å². The predicted molar refractivity (Wildman–Crippen MR) is 57.5 cm³/mol. The Bertz CT molecular complexity index is 247. The van der Waals surface area contributed by atoms with Crippen molar-refractivity contribution in [3.63, 3.8) is 0 Å². The average Bonchev–Trinajstić information content (AvgIpc) is 2.63. The van der Waals surface area contributed by atoms with Gasteiger partial charge in [-0.1, -0.05) is 13.3 Å². The summed E-state index contributed by atoms with van der Waals surface area (Å²) >= 11 is 0. The molecule has 1 aromatic heterocycles. The molecule has 4 heteroatoms. The number of imidazole rings is 1. The van der Waals surface area contributed by atoms with Gasteiger partial charge in [0, 0.05) is 32.6 Å². The van der Waals surface area contributed by atoms with E-state index in [1.165, 1.54) is 12.8 Å². The molecule has 0 aromatic carbocycles. The van der Waals surface area contributed by atoms with Crippen LogP contribution in [0.3, 0.4) is 0 Å². The minimum atomic E-state index is 0.721. The third kappa shape index (κ3) is 3.38. The van der Waals surface area contributed by atoms with Gasteiger partial charge < -0.3 is 14.6 Å². The van der Waals surface area contributed by atoms with Crippen LogP contribution in [0.15, 0.2) is 12.4 Å². The molecule has 1 heterocycles. The van der Waals surface area contributed by atoms with Gasteiger partial charge >= 0.3 is 0 Å². The number of hydrogen-bond acceptors (Lipinski definition) is 3. The minimum Gasteiger partial charge on any atom is -0.383 e. The summed E-state index contributed by atoms with van der Waals surface area (Å²) in [5, 5.41) is 3.30. The molecule has 0 radical (unpaired) electrons. The molecule has 1 aromatic rings. The lowest BCUT2D eigenvalue weighted by molar-refractivity contribution is 0.187. The molecule has 4 nitrogen and oxygen atoms in total. The highest BCUT2D eigenvalue weighted by molar-refractivity contribution is 5.25. The summed E-state index contributed by atoms with van der Waals surface area (Å²) in [6, 6.07) is 0. The van der Waals surface area contributed by atoms with E-state index in [1.54, 1.807) is 7.11 Å². The number of anilines is 1. The van der Waals surface area contributed by atoms with Crippen molar-refractivity contribution in [3.8, 4) is 0 Å². The molecule has 0 atom stereocenters. The van der Waals surface area contributed by atoms with Gasteiger partial charge in [0.15, 0.2) is 0 Å². The van der Waals surface area contributed by atoms with Gasteiger partial charge in [-0.25, -0.2) is 4.98 Å². The maximum Gasteiger partial charge on any atom is 0.202 e. The number of aromatic nitrogens is 2. The second-order valence-electron chi connectivity index (χ2n) is 3.22. The third-order valence-corrected chi connectivity index (χ3v) is 2.07. The van der Waals surface area contributed by atoms with Gasteiger partial charge in [-0.3, -0.25) is 0 Å². The summed E-state index contributed by atoms with van der Waals surface area (Å²) in [4.78, 5) is 4.24. The Morgan fingerprint density at radius 2 is 2.43 bits per heavy atom. The molecule has 0 saturated heterocycles. The number of unbranched alkanes of at least 4 members (excludes halogenated alkanes) is 1. The molecule has 0 unspecified atom stereocenters. The Labute approximate surface area is 85.3 Å². The highest BCUT2D eigenvalue weighted by Crippen LogP contribution is 2.04. The van der Waals surface area contributed by atoms with Gasteiger partial charge in [-0.15, -0.1) is 0 Å². The van der Waals surface area contributed by atoms with Crippen molar-refractivity contribution < 1.29 is 4.74 Å². The van der Waals surface area contributed by atoms with Crippen LogP contribution in [0.1, 0.15) is 19.8 Å². The van der Waals surface area contributed by atoms with Gasteiger partial charge in [-0.05, 0) is 6.42 Å². The summed E-state index contributed by atoms with van der Waals surface area (Å²) < 4.78 is 7.09. The van der Waals surface area contributed by atoms with E-state index in [0.29, 0.717) is 0 Å². The van der Waals surface area contributed by atoms with Crippen LogP contribution < -0.4 is 5.32 Å². The van der Waals surface area contributed by atoms with Crippen LogP contribution in [-0.4, -0.2) is 29.8 Å². The van der Waals surface area contributed by atoms with E-state index in [0.717, 1.165) is 25.6 Å². The molecule has 0 bridgehead atoms. The first-order valence-corrected chi connectivity index (χ1v) is 5.12. The Kier molecular flexibility index (Phi) is 5.07. The lowest BCUT2D eigenvalue weighted by Gasteiger charge is -2.08. The number of methoxy groups -OCH3 is 1. The van der Waals surface area contributed by atoms with Gasteiger partial charge in [0.1, 0.15) is 0 Å². The van der Waals surface area contributed by atoms with Crippen molar-refractivity contribution in [1.82, 2.24) is 9.55 Å². The Morgan fingerprint density at radius 1 is 1.57 bits per heavy atom. The van der Waals surface area contributed by atoms with E-state index >= 15 is 0 Å². The van der Waals surface area contributed by atoms with Crippen LogP contribution in [0.25, 0.3) is 0 Å². The zero-order chi connectivity index (χ0) is 10.2. The van der Waals surface area contributed by atoms with E-state index in [9.17, 15) is 0 Å². The molecule has 80 valence electrons. The maximum atomic E-state index is 5.02. The minimum absolute atomic E-state index is 0.721. The van der Waals surface area contributed by atoms with Gasteiger partial charge in [0.2, 0.25) is 5.95 Å². The van der Waals surface area contributed by atoms with E-state index < -0.39 is 0 Å². The summed E-state index contributed by atoms with van der Waals surface area (Å²) in [5.41, 5.74) is 0. The van der Waals surface area contributed by atoms with Crippen molar-refractivity contribution in [3.05, 3.63) is 12.4 Å². The number of hydrogen-bond donors (Lipinski definition) is 1. The quantitative estimate of drug-likeness (QED) is 0.677.